The number of benzene rings is 2. The van der Waals surface area contributed by atoms with Crippen molar-refractivity contribution in [2.24, 2.45) is 4.99 Å². The molecule has 4 rings (SSSR count). The van der Waals surface area contributed by atoms with Crippen LogP contribution < -0.4 is 19.6 Å². The van der Waals surface area contributed by atoms with Gasteiger partial charge in [-0.2, -0.15) is 0 Å². The lowest BCUT2D eigenvalue weighted by Gasteiger charge is -2.25. The second kappa shape index (κ2) is 12.1. The predicted molar refractivity (Wildman–Crippen MR) is 145 cm³/mol. The zero-order valence-electron chi connectivity index (χ0n) is 20.6. The van der Waals surface area contributed by atoms with Gasteiger partial charge in [0.25, 0.3) is 5.56 Å². The number of methoxy groups -OCH3 is 1. The number of nitrogens with zero attached hydrogens (tertiary/aromatic N) is 2. The van der Waals surface area contributed by atoms with Crippen LogP contribution in [0.5, 0.6) is 5.75 Å². The van der Waals surface area contributed by atoms with E-state index < -0.39 is 12.0 Å². The molecule has 1 atom stereocenters. The van der Waals surface area contributed by atoms with E-state index in [4.69, 9.17) is 37.4 Å². The second-order valence-corrected chi connectivity index (χ2v) is 10.1. The minimum absolute atomic E-state index is 0.0854. The lowest BCUT2D eigenvalue weighted by Crippen LogP contribution is -2.40. The summed E-state index contributed by atoms with van der Waals surface area (Å²) in [6.45, 7) is 4.71. The van der Waals surface area contributed by atoms with Crippen molar-refractivity contribution in [3.8, 4) is 5.75 Å². The van der Waals surface area contributed by atoms with Gasteiger partial charge in [-0.3, -0.25) is 9.36 Å². The minimum Gasteiger partial charge on any atom is -0.494 e. The van der Waals surface area contributed by atoms with E-state index in [9.17, 15) is 9.59 Å². The third-order valence-corrected chi connectivity index (χ3v) is 7.23. The Morgan fingerprint density at radius 3 is 2.57 bits per heavy atom. The summed E-state index contributed by atoms with van der Waals surface area (Å²) >= 11 is 13.6. The van der Waals surface area contributed by atoms with E-state index in [0.29, 0.717) is 48.6 Å². The Bertz CT molecular complexity index is 1510. The van der Waals surface area contributed by atoms with Gasteiger partial charge < -0.3 is 14.2 Å². The number of hydrogen-bond donors (Lipinski definition) is 0. The summed E-state index contributed by atoms with van der Waals surface area (Å²) in [7, 11) is 1.53. The molecule has 0 N–H and O–H groups in total. The molecule has 0 fully saturated rings. The predicted octanol–water partition coefficient (Wildman–Crippen LogP) is 4.52. The van der Waals surface area contributed by atoms with Gasteiger partial charge in [-0.25, -0.2) is 9.79 Å². The molecule has 0 bridgehead atoms. The number of allylic oxidation sites excluding steroid dienone is 1. The van der Waals surface area contributed by atoms with Crippen LogP contribution in [0.3, 0.4) is 0 Å². The van der Waals surface area contributed by atoms with Gasteiger partial charge in [0.2, 0.25) is 0 Å². The van der Waals surface area contributed by atoms with Gasteiger partial charge in [-0.1, -0.05) is 59.7 Å². The maximum absolute atomic E-state index is 13.7. The fraction of sp³-hybridized carbons (Fsp3) is 0.296. The molecule has 0 saturated carbocycles. The number of hydrogen-bond acceptors (Lipinski definition) is 7. The van der Waals surface area contributed by atoms with E-state index in [2.05, 4.69) is 4.99 Å². The molecule has 0 spiro atoms. The summed E-state index contributed by atoms with van der Waals surface area (Å²) in [5, 5.41) is 0.929. The molecule has 194 valence electrons. The first-order valence-corrected chi connectivity index (χ1v) is 13.3. The van der Waals surface area contributed by atoms with E-state index in [0.717, 1.165) is 12.0 Å². The van der Waals surface area contributed by atoms with Crippen LogP contribution >= 0.6 is 34.5 Å². The number of fused-ring (bicyclic) bond motifs is 1. The lowest BCUT2D eigenvalue weighted by molar-refractivity contribution is -0.140. The number of carbonyl (C=O) groups is 1. The lowest BCUT2D eigenvalue weighted by atomic mass is 9.96. The van der Waals surface area contributed by atoms with Crippen LogP contribution in [0.4, 0.5) is 0 Å². The van der Waals surface area contributed by atoms with E-state index in [-0.39, 0.29) is 18.8 Å². The monoisotopic (exact) mass is 560 g/mol. The van der Waals surface area contributed by atoms with Crippen molar-refractivity contribution in [3.63, 3.8) is 0 Å². The average Bonchev–Trinajstić information content (AvgIpc) is 3.18. The summed E-state index contributed by atoms with van der Waals surface area (Å²) in [6.07, 6.45) is 2.59. The van der Waals surface area contributed by atoms with Crippen molar-refractivity contribution in [2.75, 3.05) is 26.9 Å². The third-order valence-electron chi connectivity index (χ3n) is 5.68. The van der Waals surface area contributed by atoms with Crippen LogP contribution in [0.25, 0.3) is 6.08 Å². The molecular weight excluding hydrogens is 535 g/mol. The molecule has 1 aliphatic rings. The summed E-state index contributed by atoms with van der Waals surface area (Å²) in [6, 6.07) is 11.7. The van der Waals surface area contributed by atoms with Crippen LogP contribution in [0.2, 0.25) is 10.0 Å². The van der Waals surface area contributed by atoms with E-state index in [1.165, 1.54) is 23.0 Å². The Kier molecular flexibility index (Phi) is 8.87. The van der Waals surface area contributed by atoms with Crippen LogP contribution in [-0.2, 0) is 14.3 Å². The molecule has 0 saturated heterocycles. The fourth-order valence-electron chi connectivity index (χ4n) is 3.92. The van der Waals surface area contributed by atoms with Crippen LogP contribution in [-0.4, -0.2) is 37.5 Å². The van der Waals surface area contributed by atoms with E-state index >= 15 is 0 Å². The number of aromatic nitrogens is 1. The van der Waals surface area contributed by atoms with E-state index in [1.54, 1.807) is 31.2 Å². The quantitative estimate of drug-likeness (QED) is 0.284. The van der Waals surface area contributed by atoms with Crippen molar-refractivity contribution in [2.45, 2.75) is 26.3 Å². The fourth-order valence-corrected chi connectivity index (χ4v) is 5.42. The summed E-state index contributed by atoms with van der Waals surface area (Å²) in [4.78, 5) is 32.0. The molecule has 1 aliphatic heterocycles. The molecule has 0 radical (unpaired) electrons. The van der Waals surface area contributed by atoms with Gasteiger partial charge in [0.1, 0.15) is 12.4 Å². The highest BCUT2D eigenvalue weighted by Gasteiger charge is 2.33. The van der Waals surface area contributed by atoms with Crippen molar-refractivity contribution in [3.05, 3.63) is 94.6 Å². The number of rotatable bonds is 9. The van der Waals surface area contributed by atoms with Gasteiger partial charge >= 0.3 is 5.97 Å². The molecule has 10 heteroatoms. The van der Waals surface area contributed by atoms with Gasteiger partial charge in [0, 0.05) is 17.2 Å². The molecule has 0 aliphatic carbocycles. The van der Waals surface area contributed by atoms with Crippen molar-refractivity contribution >= 4 is 46.6 Å². The molecule has 3 aromatic rings. The molecule has 2 heterocycles. The van der Waals surface area contributed by atoms with Gasteiger partial charge in [-0.15, -0.1) is 0 Å². The average molecular weight is 561 g/mol. The van der Waals surface area contributed by atoms with Crippen molar-refractivity contribution in [1.29, 1.82) is 0 Å². The maximum Gasteiger partial charge on any atom is 0.338 e. The standard InChI is InChI=1S/C27H26Cl2N2O5S/c1-4-11-35-20-9-6-17(7-10-20)24-23(26(33)36-13-12-34-3)16(2)30-27-31(24)25(32)22(37-27)14-18-5-8-19(28)15-21(18)29/h5-10,14-15,24H,4,11-13H2,1-3H3/b22-14-. The molecule has 7 nitrogen and oxygen atoms in total. The molecule has 2 aromatic carbocycles. The SMILES string of the molecule is CCCOc1ccc(C2C(C(=O)OCCOC)=C(C)N=c3s/c(=C\c4ccc(Cl)cc4Cl)c(=O)n32)cc1. The number of halogens is 2. The highest BCUT2D eigenvalue weighted by Crippen LogP contribution is 2.31. The topological polar surface area (TPSA) is 79.1 Å². The molecule has 1 unspecified atom stereocenters. The van der Waals surface area contributed by atoms with Crippen LogP contribution in [0, 0.1) is 0 Å². The molecule has 0 amide bonds. The zero-order valence-corrected chi connectivity index (χ0v) is 23.0. The molecule has 1 aromatic heterocycles. The Labute approximate surface area is 228 Å². The van der Waals surface area contributed by atoms with Crippen molar-refractivity contribution < 1.29 is 19.0 Å². The number of ether oxygens (including phenoxy) is 3. The third kappa shape index (κ3) is 5.99. The number of esters is 1. The number of carbonyl (C=O) groups excluding carboxylic acids is 1. The van der Waals surface area contributed by atoms with Gasteiger partial charge in [0.05, 0.1) is 35.1 Å². The van der Waals surface area contributed by atoms with Crippen molar-refractivity contribution in [1.82, 2.24) is 4.57 Å². The summed E-state index contributed by atoms with van der Waals surface area (Å²) in [5.41, 5.74) is 1.87. The smallest absolute Gasteiger partial charge is 0.338 e. The largest absolute Gasteiger partial charge is 0.494 e. The summed E-state index contributed by atoms with van der Waals surface area (Å²) in [5.74, 6) is 0.157. The van der Waals surface area contributed by atoms with Crippen LogP contribution in [0.1, 0.15) is 37.4 Å². The normalized spacial score (nSPS) is 15.4. The summed E-state index contributed by atoms with van der Waals surface area (Å²) < 4.78 is 18.1. The second-order valence-electron chi connectivity index (χ2n) is 8.29. The highest BCUT2D eigenvalue weighted by molar-refractivity contribution is 7.07. The van der Waals surface area contributed by atoms with E-state index in [1.807, 2.05) is 31.2 Å². The Morgan fingerprint density at radius 1 is 1.14 bits per heavy atom. The van der Waals surface area contributed by atoms with Crippen LogP contribution in [0.15, 0.2) is 63.5 Å². The Balaban J connectivity index is 1.85. The Hall–Kier alpha value is -2.91. The Morgan fingerprint density at radius 2 is 1.89 bits per heavy atom. The first kappa shape index (κ1) is 27.1. The molecular formula is C27H26Cl2N2O5S. The number of thiazole rings is 1. The van der Waals surface area contributed by atoms with Gasteiger partial charge in [0.15, 0.2) is 4.80 Å². The highest BCUT2D eigenvalue weighted by atomic mass is 35.5. The minimum atomic E-state index is -0.727. The van der Waals surface area contributed by atoms with Gasteiger partial charge in [-0.05, 0) is 54.8 Å². The first-order chi connectivity index (χ1) is 17.8. The maximum atomic E-state index is 13.7. The molecule has 37 heavy (non-hydrogen) atoms. The zero-order chi connectivity index (χ0) is 26.5. The first-order valence-electron chi connectivity index (χ1n) is 11.7.